The molecule has 1 unspecified atom stereocenters. The van der Waals surface area contributed by atoms with E-state index in [4.69, 9.17) is 9.47 Å². The first kappa shape index (κ1) is 52.9. The fraction of sp³-hybridized carbons (Fsp3) is 0.586. The second kappa shape index (κ2) is 21.7. The number of alkyl halides is 3. The summed E-state index contributed by atoms with van der Waals surface area (Å²) in [6.45, 7) is 10.2. The molecule has 4 amide bonds. The fourth-order valence-corrected chi connectivity index (χ4v) is 13.9. The number of nitrogens with one attached hydrogen (secondary N) is 1. The number of hydrogen-bond acceptors (Lipinski definition) is 12. The van der Waals surface area contributed by atoms with Crippen LogP contribution < -0.4 is 15.1 Å². The van der Waals surface area contributed by atoms with Gasteiger partial charge in [-0.05, 0) is 129 Å². The summed E-state index contributed by atoms with van der Waals surface area (Å²) in [4.78, 5) is 68.3. The van der Waals surface area contributed by atoms with Crippen molar-refractivity contribution in [2.45, 2.75) is 120 Å². The Morgan fingerprint density at radius 3 is 2.21 bits per heavy atom. The van der Waals surface area contributed by atoms with Crippen molar-refractivity contribution in [1.29, 1.82) is 0 Å². The Hall–Kier alpha value is -5.80. The summed E-state index contributed by atoms with van der Waals surface area (Å²) in [7, 11) is 1.84. The van der Waals surface area contributed by atoms with Gasteiger partial charge in [0.1, 0.15) is 18.2 Å². The number of aryl methyl sites for hydroxylation is 1. The highest BCUT2D eigenvalue weighted by molar-refractivity contribution is 6.10. The molecule has 3 aromatic carbocycles. The maximum Gasteiger partial charge on any atom is 0.416 e. The minimum Gasteiger partial charge on any atom is -0.379 e. The number of fused-ring (bicyclic) bond motifs is 2. The van der Waals surface area contributed by atoms with Crippen LogP contribution in [0.15, 0.2) is 54.9 Å². The lowest BCUT2D eigenvalue weighted by molar-refractivity contribution is -0.138. The van der Waals surface area contributed by atoms with Crippen molar-refractivity contribution in [2.24, 2.45) is 18.9 Å². The van der Waals surface area contributed by atoms with Gasteiger partial charge in [0, 0.05) is 113 Å². The van der Waals surface area contributed by atoms with Crippen LogP contribution >= 0.6 is 0 Å². The third-order valence-corrected chi connectivity index (χ3v) is 18.3. The summed E-state index contributed by atoms with van der Waals surface area (Å²) in [5.41, 5.74) is 2.15. The van der Waals surface area contributed by atoms with Gasteiger partial charge in [0.15, 0.2) is 5.82 Å². The summed E-state index contributed by atoms with van der Waals surface area (Å²) < 4.78 is 74.7. The van der Waals surface area contributed by atoms with Crippen LogP contribution in [0.5, 0.6) is 0 Å². The zero-order chi connectivity index (χ0) is 53.9. The fourth-order valence-electron chi connectivity index (χ4n) is 13.9. The molecule has 6 fully saturated rings. The molecule has 1 aromatic heterocycles. The Balaban J connectivity index is 0.579. The number of halogens is 4. The highest BCUT2D eigenvalue weighted by atomic mass is 19.4. The molecule has 12 rings (SSSR count). The van der Waals surface area contributed by atoms with Crippen LogP contribution in [0.1, 0.15) is 119 Å². The lowest BCUT2D eigenvalue weighted by Crippen LogP contribution is -2.52. The Labute approximate surface area is 452 Å². The SMILES string of the molecule is Cn1ncnc1CC1(c2cccc(N3Cc4c(cc(CN5CCC[C@H](CN6CCN(C[C@H]7CC[C@H](OC8CCN(c9ccc%10c(c9F)CN(C9CCC(=O)NC9=O)C%10=O)CC8)CC7)CC6)C5)cc4C(F)(F)F)C3=O)c2)COC1. The summed E-state index contributed by atoms with van der Waals surface area (Å²) in [6, 6.07) is 13.1. The number of carbonyl (C=O) groups excluding carboxylic acids is 4. The summed E-state index contributed by atoms with van der Waals surface area (Å²) in [6.07, 6.45) is 6.21. The van der Waals surface area contributed by atoms with Crippen LogP contribution in [0.4, 0.5) is 28.9 Å². The van der Waals surface area contributed by atoms with Crippen molar-refractivity contribution in [3.05, 3.63) is 105 Å². The van der Waals surface area contributed by atoms with Gasteiger partial charge in [-0.25, -0.2) is 9.37 Å². The number of piperidine rings is 3. The summed E-state index contributed by atoms with van der Waals surface area (Å²) in [5.74, 6) is -0.223. The lowest BCUT2D eigenvalue weighted by atomic mass is 9.75. The third kappa shape index (κ3) is 10.7. The van der Waals surface area contributed by atoms with Gasteiger partial charge in [-0.2, -0.15) is 18.3 Å². The number of rotatable bonds is 14. The van der Waals surface area contributed by atoms with Crippen LogP contribution in [0.2, 0.25) is 0 Å². The van der Waals surface area contributed by atoms with Crippen LogP contribution in [0.3, 0.4) is 0 Å². The number of hydrogen-bond donors (Lipinski definition) is 1. The molecule has 0 spiro atoms. The largest absolute Gasteiger partial charge is 0.416 e. The number of imide groups is 1. The molecule has 0 radical (unpaired) electrons. The molecule has 1 saturated carbocycles. The second-order valence-corrected chi connectivity index (χ2v) is 23.5. The maximum absolute atomic E-state index is 16.0. The van der Waals surface area contributed by atoms with Crippen LogP contribution in [-0.4, -0.2) is 155 Å². The van der Waals surface area contributed by atoms with E-state index in [1.807, 2.05) is 30.1 Å². The number of ether oxygens (including phenoxy) is 2. The number of carbonyl (C=O) groups is 4. The molecule has 8 aliphatic rings. The number of benzene rings is 3. The van der Waals surface area contributed by atoms with Gasteiger partial charge in [0.25, 0.3) is 11.8 Å². The Bertz CT molecular complexity index is 2920. The van der Waals surface area contributed by atoms with Crippen molar-refractivity contribution >= 4 is 35.0 Å². The molecule has 4 aromatic rings. The molecular weight excluding hydrogens is 1010 g/mol. The minimum atomic E-state index is -4.61. The van der Waals surface area contributed by atoms with E-state index in [2.05, 4.69) is 30.1 Å². The molecule has 16 nitrogen and oxygen atoms in total. The average Bonchev–Trinajstić information content (AvgIpc) is 4.23. The van der Waals surface area contributed by atoms with E-state index in [1.54, 1.807) is 28.9 Å². The van der Waals surface area contributed by atoms with Gasteiger partial charge in [0.05, 0.1) is 49.8 Å². The number of aromatic nitrogens is 3. The average molecular weight is 1080 g/mol. The summed E-state index contributed by atoms with van der Waals surface area (Å²) >= 11 is 0. The van der Waals surface area contributed by atoms with Gasteiger partial charge >= 0.3 is 6.18 Å². The predicted octanol–water partition coefficient (Wildman–Crippen LogP) is 6.48. The minimum absolute atomic E-state index is 0.0108. The zero-order valence-corrected chi connectivity index (χ0v) is 44.5. The standard InChI is InChI=1S/C58H70F4N10O6/c1-66-51(63-36-64-66)27-57(34-77-35-57)40-5-2-6-41(26-40)71-32-46-45(56(71)76)24-39(25-48(46)58(60,61)62)31-69-17-3-4-38(30-69)29-68-22-20-67(21-23-68)28-37-7-9-42(10-8-37)78-43-15-18-70(19-16-43)49-12-11-44-47(53(49)59)33-72(55(44)75)50-13-14-52(73)65-54(50)74/h2,5-6,11-12,24-26,36-38,42-43,50H,3-4,7-10,13-23,27-35H2,1H3,(H,65,73,74)/t37-,38-,42-,50?/m1/s1. The number of piperazine rings is 1. The maximum atomic E-state index is 16.0. The van der Waals surface area contributed by atoms with Crippen LogP contribution in [0.25, 0.3) is 0 Å². The molecule has 20 heteroatoms. The topological polar surface area (TPSA) is 149 Å². The molecular formula is C58H70F4N10O6. The van der Waals surface area contributed by atoms with Crippen molar-refractivity contribution in [3.8, 4) is 0 Å². The van der Waals surface area contributed by atoms with E-state index < -0.39 is 35.4 Å². The lowest BCUT2D eigenvalue weighted by Gasteiger charge is -2.42. The normalized spacial score (nSPS) is 25.6. The van der Waals surface area contributed by atoms with Crippen molar-refractivity contribution in [3.63, 3.8) is 0 Å². The van der Waals surface area contributed by atoms with Gasteiger partial charge in [-0.15, -0.1) is 0 Å². The number of likely N-dealkylation sites (tertiary alicyclic amines) is 1. The molecule has 8 heterocycles. The number of anilines is 2. The molecule has 7 aliphatic heterocycles. The van der Waals surface area contributed by atoms with E-state index in [0.29, 0.717) is 73.6 Å². The summed E-state index contributed by atoms with van der Waals surface area (Å²) in [5, 5.41) is 6.51. The van der Waals surface area contributed by atoms with Crippen molar-refractivity contribution in [1.82, 2.24) is 39.7 Å². The number of nitrogens with zero attached hydrogens (tertiary/aromatic N) is 9. The Kier molecular flexibility index (Phi) is 14.7. The highest BCUT2D eigenvalue weighted by Crippen LogP contribution is 2.43. The predicted molar refractivity (Wildman–Crippen MR) is 281 cm³/mol. The number of amides is 4. The second-order valence-electron chi connectivity index (χ2n) is 23.5. The third-order valence-electron chi connectivity index (χ3n) is 18.3. The Morgan fingerprint density at radius 2 is 1.51 bits per heavy atom. The first-order chi connectivity index (χ1) is 37.6. The molecule has 78 heavy (non-hydrogen) atoms. The smallest absolute Gasteiger partial charge is 0.379 e. The van der Waals surface area contributed by atoms with Crippen molar-refractivity contribution < 1.29 is 46.2 Å². The molecule has 1 aliphatic carbocycles. The first-order valence-electron chi connectivity index (χ1n) is 28.2. The highest BCUT2D eigenvalue weighted by Gasteiger charge is 2.45. The Morgan fingerprint density at radius 1 is 0.769 bits per heavy atom. The van der Waals surface area contributed by atoms with E-state index >= 15 is 4.39 Å². The van der Waals surface area contributed by atoms with Gasteiger partial charge < -0.3 is 34.0 Å². The molecule has 2 atom stereocenters. The van der Waals surface area contributed by atoms with E-state index in [-0.39, 0.29) is 72.1 Å². The van der Waals surface area contributed by atoms with Crippen LogP contribution in [-0.2, 0) is 63.8 Å². The first-order valence-corrected chi connectivity index (χ1v) is 28.2. The van der Waals surface area contributed by atoms with E-state index in [0.717, 1.165) is 115 Å². The quantitative estimate of drug-likeness (QED) is 0.109. The zero-order valence-electron chi connectivity index (χ0n) is 44.5. The van der Waals surface area contributed by atoms with Crippen molar-refractivity contribution in [2.75, 3.05) is 88.5 Å². The van der Waals surface area contributed by atoms with Gasteiger partial charge in [-0.3, -0.25) is 34.1 Å². The van der Waals surface area contributed by atoms with Gasteiger partial charge in [0.2, 0.25) is 11.8 Å². The van der Waals surface area contributed by atoms with Crippen LogP contribution in [0, 0.1) is 17.7 Å². The molecule has 0 bridgehead atoms. The van der Waals surface area contributed by atoms with E-state index in [9.17, 15) is 32.3 Å². The monoisotopic (exact) mass is 1080 g/mol. The molecule has 5 saturated heterocycles. The van der Waals surface area contributed by atoms with Gasteiger partial charge in [-0.1, -0.05) is 12.1 Å². The molecule has 416 valence electrons. The van der Waals surface area contributed by atoms with E-state index in [1.165, 1.54) is 22.2 Å². The molecule has 1 N–H and O–H groups in total.